The lowest BCUT2D eigenvalue weighted by molar-refractivity contribution is 0.0518. The van der Waals surface area contributed by atoms with Gasteiger partial charge in [-0.2, -0.15) is 0 Å². The zero-order valence-electron chi connectivity index (χ0n) is 20.7. The van der Waals surface area contributed by atoms with E-state index >= 15 is 0 Å². The smallest absolute Gasteiger partial charge is 0.289 e. The van der Waals surface area contributed by atoms with E-state index in [0.29, 0.717) is 37.5 Å². The highest BCUT2D eigenvalue weighted by molar-refractivity contribution is 7.89. The summed E-state index contributed by atoms with van der Waals surface area (Å²) in [6.07, 6.45) is 1.46. The van der Waals surface area contributed by atoms with Gasteiger partial charge in [0.15, 0.2) is 5.76 Å². The molecule has 1 fully saturated rings. The van der Waals surface area contributed by atoms with Crippen LogP contribution in [0.1, 0.15) is 52.8 Å². The van der Waals surface area contributed by atoms with Gasteiger partial charge in [-0.05, 0) is 52.9 Å². The standard InChI is InChI=1S/C27H31N3O5S/c1-27(2,3)22-10-12-23(13-11-22)36(33,34)28-19-20-6-8-21(9-7-20)25(31)29-14-16-30(17-15-29)26(32)24-5-4-18-35-24/h4-13,18,28H,14-17,19H2,1-3H3. The Kier molecular flexibility index (Phi) is 7.33. The van der Waals surface area contributed by atoms with Gasteiger partial charge in [0.1, 0.15) is 0 Å². The predicted molar refractivity (Wildman–Crippen MR) is 136 cm³/mol. The minimum atomic E-state index is -3.66. The van der Waals surface area contributed by atoms with E-state index < -0.39 is 10.0 Å². The summed E-state index contributed by atoms with van der Waals surface area (Å²) in [5.74, 6) is -0.00173. The summed E-state index contributed by atoms with van der Waals surface area (Å²) in [6.45, 7) is 8.07. The number of sulfonamides is 1. The fourth-order valence-electron chi connectivity index (χ4n) is 4.01. The van der Waals surface area contributed by atoms with Crippen molar-refractivity contribution in [3.63, 3.8) is 0 Å². The number of carbonyl (C=O) groups excluding carboxylic acids is 2. The van der Waals surface area contributed by atoms with Gasteiger partial charge >= 0.3 is 0 Å². The number of nitrogens with zero attached hydrogens (tertiary/aromatic N) is 2. The van der Waals surface area contributed by atoms with Gasteiger partial charge in [-0.15, -0.1) is 0 Å². The number of carbonyl (C=O) groups is 2. The van der Waals surface area contributed by atoms with Crippen LogP contribution in [-0.4, -0.2) is 56.2 Å². The second-order valence-corrected chi connectivity index (χ2v) is 11.6. The second-order valence-electron chi connectivity index (χ2n) is 9.86. The van der Waals surface area contributed by atoms with E-state index in [1.807, 2.05) is 12.1 Å². The van der Waals surface area contributed by atoms with E-state index in [1.54, 1.807) is 58.3 Å². The van der Waals surface area contributed by atoms with Crippen molar-refractivity contribution in [3.05, 3.63) is 89.4 Å². The van der Waals surface area contributed by atoms with Crippen molar-refractivity contribution in [1.29, 1.82) is 0 Å². The van der Waals surface area contributed by atoms with Crippen LogP contribution in [0.5, 0.6) is 0 Å². The maximum absolute atomic E-state index is 12.9. The minimum absolute atomic E-state index is 0.0557. The first-order valence-electron chi connectivity index (χ1n) is 11.9. The fourth-order valence-corrected chi connectivity index (χ4v) is 5.03. The first-order valence-corrected chi connectivity index (χ1v) is 13.3. The molecular formula is C27H31N3O5S. The van der Waals surface area contributed by atoms with Crippen LogP contribution in [0.4, 0.5) is 0 Å². The van der Waals surface area contributed by atoms with Gasteiger partial charge in [-0.3, -0.25) is 9.59 Å². The maximum atomic E-state index is 12.9. The van der Waals surface area contributed by atoms with Crippen LogP contribution >= 0.6 is 0 Å². The third kappa shape index (κ3) is 5.85. The highest BCUT2D eigenvalue weighted by Gasteiger charge is 2.26. The van der Waals surface area contributed by atoms with Crippen LogP contribution in [0, 0.1) is 0 Å². The topological polar surface area (TPSA) is 99.9 Å². The lowest BCUT2D eigenvalue weighted by Gasteiger charge is -2.34. The molecule has 1 aliphatic rings. The number of benzene rings is 2. The summed E-state index contributed by atoms with van der Waals surface area (Å²) in [4.78, 5) is 28.9. The molecule has 0 aliphatic carbocycles. The van der Waals surface area contributed by atoms with Crippen molar-refractivity contribution < 1.29 is 22.4 Å². The predicted octanol–water partition coefficient (Wildman–Crippen LogP) is 3.65. The molecule has 4 rings (SSSR count). The molecule has 9 heteroatoms. The molecule has 2 aromatic carbocycles. The molecule has 1 aliphatic heterocycles. The van der Waals surface area contributed by atoms with E-state index in [9.17, 15) is 18.0 Å². The molecule has 2 amide bonds. The Balaban J connectivity index is 1.31. The monoisotopic (exact) mass is 509 g/mol. The normalized spacial score (nSPS) is 14.6. The number of amides is 2. The summed E-state index contributed by atoms with van der Waals surface area (Å²) in [5, 5.41) is 0. The van der Waals surface area contributed by atoms with Gasteiger partial charge in [0.2, 0.25) is 10.0 Å². The van der Waals surface area contributed by atoms with Gasteiger partial charge < -0.3 is 14.2 Å². The van der Waals surface area contributed by atoms with Crippen LogP contribution in [0.15, 0.2) is 76.2 Å². The quantitative estimate of drug-likeness (QED) is 0.547. The third-order valence-corrected chi connectivity index (χ3v) is 7.70. The number of hydrogen-bond acceptors (Lipinski definition) is 5. The lowest BCUT2D eigenvalue weighted by atomic mass is 9.87. The van der Waals surface area contributed by atoms with Crippen molar-refractivity contribution >= 4 is 21.8 Å². The number of furan rings is 1. The Bertz CT molecular complexity index is 1300. The highest BCUT2D eigenvalue weighted by Crippen LogP contribution is 2.23. The number of nitrogens with one attached hydrogen (secondary N) is 1. The van der Waals surface area contributed by atoms with Crippen LogP contribution in [0.3, 0.4) is 0 Å². The molecule has 2 heterocycles. The first-order chi connectivity index (χ1) is 17.0. The zero-order chi connectivity index (χ0) is 25.9. The zero-order valence-corrected chi connectivity index (χ0v) is 21.5. The van der Waals surface area contributed by atoms with Crippen LogP contribution in [0.2, 0.25) is 0 Å². The van der Waals surface area contributed by atoms with Crippen molar-refractivity contribution in [3.8, 4) is 0 Å². The maximum Gasteiger partial charge on any atom is 0.289 e. The van der Waals surface area contributed by atoms with E-state index in [2.05, 4.69) is 25.5 Å². The Labute approximate surface area is 212 Å². The van der Waals surface area contributed by atoms with Crippen LogP contribution in [-0.2, 0) is 22.0 Å². The molecule has 36 heavy (non-hydrogen) atoms. The molecule has 0 atom stereocenters. The van der Waals surface area contributed by atoms with E-state index in [4.69, 9.17) is 4.42 Å². The number of piperazine rings is 1. The Morgan fingerprint density at radius 2 is 1.44 bits per heavy atom. The van der Waals surface area contributed by atoms with E-state index in [-0.39, 0.29) is 28.7 Å². The SMILES string of the molecule is CC(C)(C)c1ccc(S(=O)(=O)NCc2ccc(C(=O)N3CCN(C(=O)c4ccco4)CC3)cc2)cc1. The molecule has 0 radical (unpaired) electrons. The minimum Gasteiger partial charge on any atom is -0.459 e. The van der Waals surface area contributed by atoms with Gasteiger partial charge in [0.25, 0.3) is 11.8 Å². The van der Waals surface area contributed by atoms with Crippen LogP contribution < -0.4 is 4.72 Å². The largest absolute Gasteiger partial charge is 0.459 e. The molecule has 1 saturated heterocycles. The fraction of sp³-hybridized carbons (Fsp3) is 0.333. The Hall–Kier alpha value is -3.43. The molecule has 0 unspecified atom stereocenters. The summed E-state index contributed by atoms with van der Waals surface area (Å²) in [7, 11) is -3.66. The van der Waals surface area contributed by atoms with Gasteiger partial charge in [0.05, 0.1) is 11.2 Å². The molecule has 8 nitrogen and oxygen atoms in total. The highest BCUT2D eigenvalue weighted by atomic mass is 32.2. The second kappa shape index (κ2) is 10.3. The van der Waals surface area contributed by atoms with Crippen molar-refractivity contribution in [2.45, 2.75) is 37.6 Å². The Morgan fingerprint density at radius 3 is 1.97 bits per heavy atom. The number of hydrogen-bond donors (Lipinski definition) is 1. The third-order valence-electron chi connectivity index (χ3n) is 6.28. The molecule has 3 aromatic rings. The molecule has 1 N–H and O–H groups in total. The molecule has 1 aromatic heterocycles. The van der Waals surface area contributed by atoms with Crippen molar-refractivity contribution in [2.24, 2.45) is 0 Å². The van der Waals surface area contributed by atoms with E-state index in [0.717, 1.165) is 11.1 Å². The summed E-state index contributed by atoms with van der Waals surface area (Å²) in [6, 6.07) is 17.1. The van der Waals surface area contributed by atoms with Gasteiger partial charge in [0, 0.05) is 38.3 Å². The van der Waals surface area contributed by atoms with Gasteiger partial charge in [-0.25, -0.2) is 13.1 Å². The van der Waals surface area contributed by atoms with Crippen molar-refractivity contribution in [1.82, 2.24) is 14.5 Å². The summed E-state index contributed by atoms with van der Waals surface area (Å²) >= 11 is 0. The average Bonchev–Trinajstić information content (AvgIpc) is 3.42. The van der Waals surface area contributed by atoms with E-state index in [1.165, 1.54) is 6.26 Å². The molecule has 0 bridgehead atoms. The molecule has 0 spiro atoms. The first kappa shape index (κ1) is 25.7. The lowest BCUT2D eigenvalue weighted by Crippen LogP contribution is -2.50. The average molecular weight is 510 g/mol. The summed E-state index contributed by atoms with van der Waals surface area (Å²) < 4.78 is 33.2. The molecular weight excluding hydrogens is 478 g/mol. The molecule has 0 saturated carbocycles. The number of rotatable bonds is 6. The molecule has 190 valence electrons. The Morgan fingerprint density at radius 1 is 0.861 bits per heavy atom. The van der Waals surface area contributed by atoms with Gasteiger partial charge in [-0.1, -0.05) is 45.0 Å². The van der Waals surface area contributed by atoms with Crippen LogP contribution in [0.25, 0.3) is 0 Å². The van der Waals surface area contributed by atoms with Crippen molar-refractivity contribution in [2.75, 3.05) is 26.2 Å². The summed E-state index contributed by atoms with van der Waals surface area (Å²) in [5.41, 5.74) is 2.27.